The molecule has 30 heavy (non-hydrogen) atoms. The molecule has 3 N–H and O–H groups in total. The maximum atomic E-state index is 12.5. The number of aromatic amines is 1. The normalized spacial score (nSPS) is 12.8. The van der Waals surface area contributed by atoms with Gasteiger partial charge in [-0.2, -0.15) is 13.2 Å². The van der Waals surface area contributed by atoms with E-state index in [9.17, 15) is 22.8 Å². The fourth-order valence-electron chi connectivity index (χ4n) is 2.77. The highest BCUT2D eigenvalue weighted by Crippen LogP contribution is 2.24. The fraction of sp³-hybridized carbons (Fsp3) is 0.500. The molecule has 7 nitrogen and oxygen atoms in total. The second-order valence-electron chi connectivity index (χ2n) is 7.64. The largest absolute Gasteiger partial charge is 0.389 e. The summed E-state index contributed by atoms with van der Waals surface area (Å²) in [6.45, 7) is 7.19. The summed E-state index contributed by atoms with van der Waals surface area (Å²) in [4.78, 5) is 35.8. The highest BCUT2D eigenvalue weighted by atomic mass is 19.4. The zero-order chi connectivity index (χ0) is 22.5. The van der Waals surface area contributed by atoms with Crippen LogP contribution in [0, 0.1) is 5.92 Å². The van der Waals surface area contributed by atoms with Crippen LogP contribution >= 0.6 is 0 Å². The number of carbonyl (C=O) groups is 2. The number of Topliss-reactive ketones (excluding diaryl/α,β-unsaturated/α-hetero) is 1. The molecule has 0 spiro atoms. The summed E-state index contributed by atoms with van der Waals surface area (Å²) < 4.78 is 37.4. The predicted octanol–water partition coefficient (Wildman–Crippen LogP) is 3.96. The number of rotatable bonds is 9. The van der Waals surface area contributed by atoms with E-state index in [1.807, 2.05) is 13.8 Å². The molecule has 0 aromatic carbocycles. The average molecular weight is 425 g/mol. The lowest BCUT2D eigenvalue weighted by molar-refractivity contribution is -0.143. The van der Waals surface area contributed by atoms with Gasteiger partial charge < -0.3 is 15.6 Å². The van der Waals surface area contributed by atoms with Crippen LogP contribution < -0.4 is 10.6 Å². The first-order valence-corrected chi connectivity index (χ1v) is 9.65. The Morgan fingerprint density at radius 2 is 1.90 bits per heavy atom. The van der Waals surface area contributed by atoms with Crippen LogP contribution in [-0.4, -0.2) is 44.9 Å². The van der Waals surface area contributed by atoms with Gasteiger partial charge in [0.25, 0.3) is 5.91 Å². The molecule has 0 aliphatic rings. The van der Waals surface area contributed by atoms with Gasteiger partial charge in [-0.3, -0.25) is 9.59 Å². The monoisotopic (exact) mass is 425 g/mol. The topological polar surface area (TPSA) is 99.8 Å². The third-order valence-electron chi connectivity index (χ3n) is 4.23. The van der Waals surface area contributed by atoms with Crippen molar-refractivity contribution in [1.29, 1.82) is 0 Å². The van der Waals surface area contributed by atoms with Crippen molar-refractivity contribution in [3.8, 4) is 11.4 Å². The number of carbonyl (C=O) groups excluding carboxylic acids is 2. The van der Waals surface area contributed by atoms with Gasteiger partial charge in [0, 0.05) is 30.4 Å². The van der Waals surface area contributed by atoms with Gasteiger partial charge in [-0.05, 0) is 31.9 Å². The van der Waals surface area contributed by atoms with Crippen molar-refractivity contribution in [3.63, 3.8) is 0 Å². The molecule has 0 radical (unpaired) electrons. The van der Waals surface area contributed by atoms with E-state index in [1.165, 1.54) is 12.3 Å². The first kappa shape index (κ1) is 23.4. The summed E-state index contributed by atoms with van der Waals surface area (Å²) in [6, 6.07) is 2.31. The molecule has 0 saturated carbocycles. The molecular weight excluding hydrogens is 399 g/mol. The van der Waals surface area contributed by atoms with Crippen molar-refractivity contribution < 1.29 is 22.8 Å². The highest BCUT2D eigenvalue weighted by Gasteiger charge is 2.31. The number of halogens is 3. The molecule has 0 fully saturated rings. The van der Waals surface area contributed by atoms with Gasteiger partial charge in [0.05, 0.1) is 12.5 Å². The molecule has 0 saturated heterocycles. The fourth-order valence-corrected chi connectivity index (χ4v) is 2.77. The Bertz CT molecular complexity index is 877. The molecule has 0 bridgehead atoms. The molecule has 0 unspecified atom stereocenters. The van der Waals surface area contributed by atoms with Gasteiger partial charge in [-0.25, -0.2) is 9.97 Å². The lowest BCUT2D eigenvalue weighted by Crippen LogP contribution is -2.35. The SMILES string of the molecule is CC(C)NC(=O)c1cc(-c2nccc(N[C@@H](C(=O)CCC(F)(F)F)C(C)C)n2)c[nH]1. The van der Waals surface area contributed by atoms with Crippen molar-refractivity contribution in [2.45, 2.75) is 58.8 Å². The van der Waals surface area contributed by atoms with Crippen LogP contribution in [0.1, 0.15) is 51.0 Å². The number of hydrogen-bond donors (Lipinski definition) is 3. The Labute approximate surface area is 172 Å². The molecule has 2 aromatic rings. The summed E-state index contributed by atoms with van der Waals surface area (Å²) in [6.07, 6.45) is -3.07. The Morgan fingerprint density at radius 3 is 2.50 bits per heavy atom. The smallest absolute Gasteiger partial charge is 0.360 e. The maximum absolute atomic E-state index is 12.5. The molecule has 2 heterocycles. The third-order valence-corrected chi connectivity index (χ3v) is 4.23. The lowest BCUT2D eigenvalue weighted by atomic mass is 9.97. The van der Waals surface area contributed by atoms with Gasteiger partial charge in [-0.15, -0.1) is 0 Å². The average Bonchev–Trinajstić information content (AvgIpc) is 3.13. The minimum absolute atomic E-state index is 0.0177. The number of ketones is 1. The van der Waals surface area contributed by atoms with Crippen molar-refractivity contribution in [3.05, 3.63) is 30.2 Å². The number of anilines is 1. The van der Waals surface area contributed by atoms with Crippen molar-refractivity contribution in [1.82, 2.24) is 20.3 Å². The Kier molecular flexibility index (Phi) is 7.58. The van der Waals surface area contributed by atoms with E-state index in [2.05, 4.69) is 25.6 Å². The van der Waals surface area contributed by atoms with Crippen LogP contribution in [0.15, 0.2) is 24.5 Å². The number of nitrogens with zero attached hydrogens (tertiary/aromatic N) is 2. The predicted molar refractivity (Wildman–Crippen MR) is 107 cm³/mol. The van der Waals surface area contributed by atoms with E-state index in [0.717, 1.165) is 0 Å². The van der Waals surface area contributed by atoms with Crippen molar-refractivity contribution in [2.24, 2.45) is 5.92 Å². The molecule has 0 aliphatic carbocycles. The zero-order valence-electron chi connectivity index (χ0n) is 17.3. The molecule has 164 valence electrons. The van der Waals surface area contributed by atoms with E-state index < -0.39 is 30.8 Å². The van der Waals surface area contributed by atoms with Crippen LogP contribution in [0.25, 0.3) is 11.4 Å². The van der Waals surface area contributed by atoms with E-state index in [1.54, 1.807) is 26.1 Å². The van der Waals surface area contributed by atoms with E-state index in [4.69, 9.17) is 0 Å². The van der Waals surface area contributed by atoms with Crippen molar-refractivity contribution >= 4 is 17.5 Å². The van der Waals surface area contributed by atoms with Gasteiger partial charge in [0.1, 0.15) is 11.5 Å². The number of amides is 1. The quantitative estimate of drug-likeness (QED) is 0.565. The second-order valence-corrected chi connectivity index (χ2v) is 7.64. The first-order chi connectivity index (χ1) is 14.0. The summed E-state index contributed by atoms with van der Waals surface area (Å²) in [5.74, 6) is -0.404. The van der Waals surface area contributed by atoms with E-state index in [0.29, 0.717) is 22.9 Å². The molecule has 10 heteroatoms. The standard InChI is InChI=1S/C20H26F3N5O2/c1-11(2)17(15(29)5-7-20(21,22)23)27-16-6-8-24-18(28-16)13-9-14(25-10-13)19(30)26-12(3)4/h6,8-12,17,25H,5,7H2,1-4H3,(H,26,30)(H,24,27,28)/t17-/m1/s1. The molecule has 2 rings (SSSR count). The Morgan fingerprint density at radius 1 is 1.20 bits per heavy atom. The minimum Gasteiger partial charge on any atom is -0.360 e. The van der Waals surface area contributed by atoms with Crippen LogP contribution in [-0.2, 0) is 4.79 Å². The zero-order valence-corrected chi connectivity index (χ0v) is 17.3. The summed E-state index contributed by atoms with van der Waals surface area (Å²) in [7, 11) is 0. The number of nitrogens with one attached hydrogen (secondary N) is 3. The summed E-state index contributed by atoms with van der Waals surface area (Å²) >= 11 is 0. The second kappa shape index (κ2) is 9.73. The molecule has 1 atom stereocenters. The lowest BCUT2D eigenvalue weighted by Gasteiger charge is -2.22. The molecule has 0 aliphatic heterocycles. The summed E-state index contributed by atoms with van der Waals surface area (Å²) in [5, 5.41) is 5.69. The van der Waals surface area contributed by atoms with E-state index in [-0.39, 0.29) is 17.9 Å². The maximum Gasteiger partial charge on any atom is 0.389 e. The van der Waals surface area contributed by atoms with Gasteiger partial charge in [-0.1, -0.05) is 13.8 Å². The molecular formula is C20H26F3N5O2. The van der Waals surface area contributed by atoms with Gasteiger partial charge in [0.15, 0.2) is 11.6 Å². The van der Waals surface area contributed by atoms with Crippen LogP contribution in [0.2, 0.25) is 0 Å². The first-order valence-electron chi connectivity index (χ1n) is 9.65. The minimum atomic E-state index is -4.38. The number of aromatic nitrogens is 3. The van der Waals surface area contributed by atoms with Gasteiger partial charge >= 0.3 is 6.18 Å². The molecule has 2 aromatic heterocycles. The van der Waals surface area contributed by atoms with Gasteiger partial charge in [0.2, 0.25) is 0 Å². The Hall–Kier alpha value is -2.91. The highest BCUT2D eigenvalue weighted by molar-refractivity contribution is 5.93. The van der Waals surface area contributed by atoms with E-state index >= 15 is 0 Å². The Balaban J connectivity index is 2.15. The van der Waals surface area contributed by atoms with Crippen LogP contribution in [0.3, 0.4) is 0 Å². The molecule has 1 amide bonds. The van der Waals surface area contributed by atoms with Crippen LogP contribution in [0.5, 0.6) is 0 Å². The van der Waals surface area contributed by atoms with Crippen molar-refractivity contribution in [2.75, 3.05) is 5.32 Å². The summed E-state index contributed by atoms with van der Waals surface area (Å²) in [5.41, 5.74) is 0.917. The third kappa shape index (κ3) is 6.85. The number of H-pyrrole nitrogens is 1. The number of hydrogen-bond acceptors (Lipinski definition) is 5. The van der Waals surface area contributed by atoms with Crippen LogP contribution in [0.4, 0.5) is 19.0 Å². The number of alkyl halides is 3.